The lowest BCUT2D eigenvalue weighted by Gasteiger charge is -2.32. The van der Waals surface area contributed by atoms with Crippen LogP contribution in [-0.4, -0.2) is 102 Å². The summed E-state index contributed by atoms with van der Waals surface area (Å²) in [6.07, 6.45) is 6.24. The zero-order chi connectivity index (χ0) is 47.9. The lowest BCUT2D eigenvalue weighted by molar-refractivity contribution is -0.141. The lowest BCUT2D eigenvalue weighted by atomic mass is 9.93. The topological polar surface area (TPSA) is 260 Å². The van der Waals surface area contributed by atoms with Crippen molar-refractivity contribution < 1.29 is 33.4 Å². The molecule has 2 heterocycles. The Hall–Kier alpha value is -7.55. The highest BCUT2D eigenvalue weighted by atomic mass is 16.5. The Morgan fingerprint density at radius 3 is 2.18 bits per heavy atom. The SMILES string of the molecule is CCCCc1ccc(-c2ccc(C(=O)N[C@@H](Cc3cnc[nH]3)C(=O)N(C)[C@@H]3C(=O)N[C@@H](C)C(=O)N[C@H](C(=O)NCC#N)Cc4ccc(OCCN)c(c4)-c4cc3ccc4OCCN)cc2)cc1. The molecule has 1 aromatic heterocycles. The summed E-state index contributed by atoms with van der Waals surface area (Å²) in [5.74, 6) is -2.41. The number of aromatic amines is 1. The van der Waals surface area contributed by atoms with Crippen molar-refractivity contribution in [3.8, 4) is 39.8 Å². The summed E-state index contributed by atoms with van der Waals surface area (Å²) in [5.41, 5.74) is 17.7. The van der Waals surface area contributed by atoms with Gasteiger partial charge in [-0.2, -0.15) is 5.26 Å². The van der Waals surface area contributed by atoms with Crippen LogP contribution in [0.1, 0.15) is 65.5 Å². The fourth-order valence-corrected chi connectivity index (χ4v) is 7.82. The van der Waals surface area contributed by atoms with Gasteiger partial charge >= 0.3 is 0 Å². The fraction of sp³-hybridized carbons (Fsp3) is 0.340. The molecule has 0 fully saturated rings. The monoisotopic (exact) mass is 910 g/mol. The molecule has 0 spiro atoms. The molecule has 0 saturated carbocycles. The van der Waals surface area contributed by atoms with Crippen molar-refractivity contribution >= 4 is 29.5 Å². The van der Waals surface area contributed by atoms with E-state index in [9.17, 15) is 29.2 Å². The van der Waals surface area contributed by atoms with Crippen molar-refractivity contribution in [2.24, 2.45) is 11.5 Å². The molecular weight excluding hydrogens is 853 g/mol. The molecule has 17 nitrogen and oxygen atoms in total. The van der Waals surface area contributed by atoms with Crippen LogP contribution in [0.3, 0.4) is 0 Å². The predicted octanol–water partition coefficient (Wildman–Crippen LogP) is 3.49. The minimum absolute atomic E-state index is 0.00689. The Kier molecular flexibility index (Phi) is 17.2. The van der Waals surface area contributed by atoms with Crippen LogP contribution >= 0.6 is 0 Å². The molecule has 5 amide bonds. The van der Waals surface area contributed by atoms with E-state index in [-0.39, 0.29) is 45.7 Å². The number of nitrogens with two attached hydrogens (primary N) is 2. The van der Waals surface area contributed by atoms with Gasteiger partial charge in [0.15, 0.2) is 0 Å². The number of likely N-dealkylation sites (N-methyl/N-ethyl adjacent to an activating group) is 1. The van der Waals surface area contributed by atoms with Gasteiger partial charge in [0, 0.05) is 61.6 Å². The lowest BCUT2D eigenvalue weighted by Crippen LogP contribution is -2.56. The van der Waals surface area contributed by atoms with E-state index in [2.05, 4.69) is 62.4 Å². The molecule has 0 unspecified atom stereocenters. The summed E-state index contributed by atoms with van der Waals surface area (Å²) in [6, 6.07) is 22.6. The Morgan fingerprint density at radius 2 is 1.55 bits per heavy atom. The predicted molar refractivity (Wildman–Crippen MR) is 252 cm³/mol. The van der Waals surface area contributed by atoms with Gasteiger partial charge in [-0.3, -0.25) is 24.0 Å². The highest BCUT2D eigenvalue weighted by Crippen LogP contribution is 2.40. The average molecular weight is 911 g/mol. The fourth-order valence-electron chi connectivity index (χ4n) is 7.82. The van der Waals surface area contributed by atoms with Crippen LogP contribution in [0.2, 0.25) is 0 Å². The number of H-pyrrole nitrogens is 1. The number of unbranched alkanes of at least 4 members (excludes halogenated alkanes) is 1. The van der Waals surface area contributed by atoms with Crippen molar-refractivity contribution in [2.75, 3.05) is 39.9 Å². The second-order valence-corrected chi connectivity index (χ2v) is 16.3. The van der Waals surface area contributed by atoms with Crippen molar-refractivity contribution in [2.45, 2.75) is 70.1 Å². The largest absolute Gasteiger partial charge is 0.492 e. The van der Waals surface area contributed by atoms with Gasteiger partial charge in [-0.25, -0.2) is 4.98 Å². The summed E-state index contributed by atoms with van der Waals surface area (Å²) < 4.78 is 12.2. The van der Waals surface area contributed by atoms with E-state index in [0.717, 1.165) is 30.4 Å². The van der Waals surface area contributed by atoms with E-state index in [1.165, 1.54) is 30.8 Å². The molecule has 5 aromatic rings. The van der Waals surface area contributed by atoms with Crippen molar-refractivity contribution in [1.29, 1.82) is 5.26 Å². The zero-order valence-electron chi connectivity index (χ0n) is 38.0. The summed E-state index contributed by atoms with van der Waals surface area (Å²) in [4.78, 5) is 79.1. The number of hydrogen-bond acceptors (Lipinski definition) is 11. The normalized spacial score (nSPS) is 16.3. The number of aryl methyl sites for hydroxylation is 1. The highest BCUT2D eigenvalue weighted by Gasteiger charge is 2.36. The number of carbonyl (C=O) groups excluding carboxylic acids is 5. The number of rotatable bonds is 18. The van der Waals surface area contributed by atoms with Gasteiger partial charge in [-0.1, -0.05) is 61.9 Å². The first-order valence-corrected chi connectivity index (χ1v) is 22.4. The van der Waals surface area contributed by atoms with Crippen LogP contribution < -0.4 is 42.2 Å². The van der Waals surface area contributed by atoms with E-state index in [1.54, 1.807) is 54.7 Å². The third-order valence-corrected chi connectivity index (χ3v) is 11.4. The number of benzene rings is 4. The molecule has 350 valence electrons. The van der Waals surface area contributed by atoms with Crippen LogP contribution in [0.4, 0.5) is 0 Å². The number of amides is 5. The number of nitrogens with one attached hydrogen (secondary N) is 5. The number of aromatic nitrogens is 2. The number of nitriles is 1. The minimum Gasteiger partial charge on any atom is -0.492 e. The summed E-state index contributed by atoms with van der Waals surface area (Å²) in [6.45, 7) is 4.01. The second kappa shape index (κ2) is 23.6. The molecule has 4 bridgehead atoms. The molecular formula is C50H58N10O7. The van der Waals surface area contributed by atoms with Gasteiger partial charge in [0.25, 0.3) is 5.91 Å². The first kappa shape index (κ1) is 48.9. The Labute approximate surface area is 390 Å². The summed E-state index contributed by atoms with van der Waals surface area (Å²) in [5, 5.41) is 20.1. The molecule has 9 N–H and O–H groups in total. The zero-order valence-corrected chi connectivity index (χ0v) is 38.0. The van der Waals surface area contributed by atoms with Crippen molar-refractivity contribution in [1.82, 2.24) is 36.1 Å². The van der Waals surface area contributed by atoms with Crippen molar-refractivity contribution in [3.05, 3.63) is 125 Å². The Bertz CT molecular complexity index is 2540. The Morgan fingerprint density at radius 1 is 0.896 bits per heavy atom. The molecule has 17 heteroatoms. The molecule has 4 atom stereocenters. The number of hydrogen-bond donors (Lipinski definition) is 7. The number of fused-ring (bicyclic) bond motifs is 5. The number of imidazole rings is 1. The van der Waals surface area contributed by atoms with E-state index in [4.69, 9.17) is 20.9 Å². The first-order chi connectivity index (χ1) is 32.4. The van der Waals surface area contributed by atoms with Crippen LogP contribution in [0.25, 0.3) is 22.3 Å². The maximum absolute atomic E-state index is 14.9. The van der Waals surface area contributed by atoms with Crippen LogP contribution in [0.5, 0.6) is 11.5 Å². The number of carbonyl (C=O) groups is 5. The van der Waals surface area contributed by atoms with E-state index < -0.39 is 53.7 Å². The van der Waals surface area contributed by atoms with Gasteiger partial charge in [-0.15, -0.1) is 0 Å². The smallest absolute Gasteiger partial charge is 0.251 e. The first-order valence-electron chi connectivity index (χ1n) is 22.4. The maximum atomic E-state index is 14.9. The van der Waals surface area contributed by atoms with Crippen molar-refractivity contribution in [3.63, 3.8) is 0 Å². The average Bonchev–Trinajstić information content (AvgIpc) is 3.86. The van der Waals surface area contributed by atoms with Gasteiger partial charge in [0.05, 0.1) is 12.4 Å². The van der Waals surface area contributed by atoms with Crippen LogP contribution in [0, 0.1) is 11.3 Å². The molecule has 0 aliphatic carbocycles. The van der Waals surface area contributed by atoms with Crippen LogP contribution in [-0.2, 0) is 38.4 Å². The van der Waals surface area contributed by atoms with Gasteiger partial charge in [0.1, 0.15) is 55.4 Å². The van der Waals surface area contributed by atoms with E-state index >= 15 is 0 Å². The molecule has 67 heavy (non-hydrogen) atoms. The molecule has 6 rings (SSSR count). The number of nitrogens with zero attached hydrogens (tertiary/aromatic N) is 3. The quantitative estimate of drug-likeness (QED) is 0.0626. The maximum Gasteiger partial charge on any atom is 0.251 e. The number of ether oxygens (including phenoxy) is 2. The molecule has 1 aliphatic heterocycles. The summed E-state index contributed by atoms with van der Waals surface area (Å²) in [7, 11) is 1.44. The third-order valence-electron chi connectivity index (χ3n) is 11.4. The highest BCUT2D eigenvalue weighted by molar-refractivity contribution is 6.00. The minimum atomic E-state index is -1.40. The van der Waals surface area contributed by atoms with Gasteiger partial charge < -0.3 is 52.1 Å². The van der Waals surface area contributed by atoms with E-state index in [0.29, 0.717) is 45.0 Å². The standard InChI is InChI=1S/C50H58N10O7/c1-4-5-6-32-7-10-34(11-8-32)35-12-14-36(15-13-35)47(62)59-42(28-38-29-54-30-56-38)50(65)60(3)45-37-16-18-44(67-24-21-53)40(27-37)39-25-33(9-17-43(39)66-23-20-52)26-41(48(63)55-22-19-51)58-46(61)31(2)57-49(45)64/h7-18,25,27,29-31,41-42,45H,4-6,20-24,26,28,52-53H2,1-3H3,(H,54,56)(H,55,63)(H,57,64)(H,58,61)(H,59,62)/t31-,41-,42-,45-/m0/s1. The van der Waals surface area contributed by atoms with Crippen LogP contribution in [0.15, 0.2) is 97.5 Å². The van der Waals surface area contributed by atoms with Gasteiger partial charge in [0.2, 0.25) is 23.6 Å². The molecule has 4 aromatic carbocycles. The second-order valence-electron chi connectivity index (χ2n) is 16.3. The van der Waals surface area contributed by atoms with Gasteiger partial charge in [-0.05, 0) is 84.0 Å². The summed E-state index contributed by atoms with van der Waals surface area (Å²) >= 11 is 0. The molecule has 0 radical (unpaired) electrons. The molecule has 0 saturated heterocycles. The van der Waals surface area contributed by atoms with E-state index in [1.807, 2.05) is 18.2 Å². The molecule has 1 aliphatic rings. The Balaban J connectivity index is 1.39. The third kappa shape index (κ3) is 12.6.